The molecule has 0 unspecified atom stereocenters. The molecule has 0 bridgehead atoms. The first-order chi connectivity index (χ1) is 8.27. The lowest BCUT2D eigenvalue weighted by Crippen LogP contribution is -2.45. The van der Waals surface area contributed by atoms with E-state index < -0.39 is 0 Å². The van der Waals surface area contributed by atoms with Crippen LogP contribution in [0.25, 0.3) is 0 Å². The highest BCUT2D eigenvalue weighted by Gasteiger charge is 2.21. The van der Waals surface area contributed by atoms with E-state index in [2.05, 4.69) is 40.8 Å². The third-order valence-corrected chi connectivity index (χ3v) is 3.23. The molecule has 2 heterocycles. The van der Waals surface area contributed by atoms with Crippen LogP contribution in [0.4, 0.5) is 0 Å². The van der Waals surface area contributed by atoms with Gasteiger partial charge in [0.25, 0.3) is 0 Å². The Bertz CT molecular complexity index is 364. The minimum atomic E-state index is 0. The second kappa shape index (κ2) is 9.32. The molecule has 2 rings (SSSR count). The van der Waals surface area contributed by atoms with E-state index in [9.17, 15) is 0 Å². The van der Waals surface area contributed by atoms with E-state index in [4.69, 9.17) is 0 Å². The van der Waals surface area contributed by atoms with Crippen molar-refractivity contribution in [1.82, 2.24) is 15.2 Å². The lowest BCUT2D eigenvalue weighted by molar-refractivity contribution is 0.172. The fourth-order valence-corrected chi connectivity index (χ4v) is 2.37. The summed E-state index contributed by atoms with van der Waals surface area (Å²) < 4.78 is 0. The van der Waals surface area contributed by atoms with Gasteiger partial charge < -0.3 is 5.32 Å². The lowest BCUT2D eigenvalue weighted by Gasteiger charge is -2.35. The smallest absolute Gasteiger partial charge is 0.0387 e. The van der Waals surface area contributed by atoms with Crippen molar-refractivity contribution in [2.24, 2.45) is 0 Å². The normalized spacial score (nSPS) is 16.9. The van der Waals surface area contributed by atoms with E-state index in [1.807, 2.05) is 12.4 Å². The molecule has 1 saturated heterocycles. The van der Waals surface area contributed by atoms with Gasteiger partial charge in [-0.05, 0) is 31.0 Å². The van der Waals surface area contributed by atoms with E-state index in [1.54, 1.807) is 0 Å². The molecule has 0 radical (unpaired) electrons. The molecule has 1 aliphatic heterocycles. The van der Waals surface area contributed by atoms with Crippen LogP contribution >= 0.6 is 24.8 Å². The van der Waals surface area contributed by atoms with Crippen molar-refractivity contribution in [2.45, 2.75) is 19.4 Å². The van der Waals surface area contributed by atoms with E-state index in [-0.39, 0.29) is 24.8 Å². The van der Waals surface area contributed by atoms with Crippen molar-refractivity contribution in [3.63, 3.8) is 0 Å². The number of aromatic nitrogens is 1. The zero-order valence-electron chi connectivity index (χ0n) is 11.3. The van der Waals surface area contributed by atoms with Crippen LogP contribution in [-0.2, 0) is 0 Å². The van der Waals surface area contributed by atoms with Crippen molar-refractivity contribution in [3.8, 4) is 0 Å². The summed E-state index contributed by atoms with van der Waals surface area (Å²) in [5, 5.41) is 3.40. The first kappa shape index (κ1) is 18.4. The van der Waals surface area contributed by atoms with Crippen LogP contribution in [0.3, 0.4) is 0 Å². The Kier molecular flexibility index (Phi) is 9.02. The van der Waals surface area contributed by atoms with Gasteiger partial charge in [0.2, 0.25) is 0 Å². The fourth-order valence-electron chi connectivity index (χ4n) is 2.37. The molecule has 3 nitrogen and oxygen atoms in total. The van der Waals surface area contributed by atoms with Crippen LogP contribution in [0.2, 0.25) is 0 Å². The zero-order valence-corrected chi connectivity index (χ0v) is 13.0. The average Bonchev–Trinajstić information content (AvgIpc) is 2.38. The average molecular weight is 304 g/mol. The van der Waals surface area contributed by atoms with Gasteiger partial charge in [-0.2, -0.15) is 0 Å². The van der Waals surface area contributed by atoms with Crippen LogP contribution in [0.1, 0.15) is 24.9 Å². The summed E-state index contributed by atoms with van der Waals surface area (Å²) in [4.78, 5) is 6.64. The maximum absolute atomic E-state index is 4.10. The maximum atomic E-state index is 4.10. The third-order valence-electron chi connectivity index (χ3n) is 3.23. The number of halogens is 2. The summed E-state index contributed by atoms with van der Waals surface area (Å²) in [5.74, 6) is 0. The Morgan fingerprint density at radius 1 is 1.32 bits per heavy atom. The van der Waals surface area contributed by atoms with Crippen LogP contribution in [0.15, 0.2) is 36.7 Å². The Hall–Kier alpha value is -0.610. The Labute approximate surface area is 128 Å². The van der Waals surface area contributed by atoms with E-state index in [1.165, 1.54) is 11.1 Å². The van der Waals surface area contributed by atoms with E-state index in [0.717, 1.165) is 32.6 Å². The molecular weight excluding hydrogens is 281 g/mol. The molecule has 1 aromatic rings. The van der Waals surface area contributed by atoms with Crippen LogP contribution in [-0.4, -0.2) is 36.1 Å². The van der Waals surface area contributed by atoms with Gasteiger partial charge in [0.05, 0.1) is 0 Å². The van der Waals surface area contributed by atoms with Crippen molar-refractivity contribution in [1.29, 1.82) is 0 Å². The second-order valence-corrected chi connectivity index (χ2v) is 4.74. The summed E-state index contributed by atoms with van der Waals surface area (Å²) in [6, 6.07) is 4.70. The molecule has 1 atom stereocenters. The molecule has 1 aliphatic rings. The van der Waals surface area contributed by atoms with Gasteiger partial charge in [0.15, 0.2) is 0 Å². The predicted molar refractivity (Wildman–Crippen MR) is 85.3 cm³/mol. The second-order valence-electron chi connectivity index (χ2n) is 4.74. The predicted octanol–water partition coefficient (Wildman–Crippen LogP) is 2.84. The summed E-state index contributed by atoms with van der Waals surface area (Å²) in [6.07, 6.45) is 4.79. The molecule has 1 aromatic heterocycles. The molecule has 0 spiro atoms. The summed E-state index contributed by atoms with van der Waals surface area (Å²) in [7, 11) is 0. The SMILES string of the molecule is C=C(C)C[C@@H](c1ccncc1)N1CCNCC1.Cl.Cl. The highest BCUT2D eigenvalue weighted by Crippen LogP contribution is 2.26. The monoisotopic (exact) mass is 303 g/mol. The number of piperazine rings is 1. The maximum Gasteiger partial charge on any atom is 0.0387 e. The van der Waals surface area contributed by atoms with Gasteiger partial charge in [-0.1, -0.05) is 5.57 Å². The molecule has 0 amide bonds. The molecule has 0 aliphatic carbocycles. The van der Waals surface area contributed by atoms with E-state index in [0.29, 0.717) is 6.04 Å². The van der Waals surface area contributed by atoms with Gasteiger partial charge in [-0.3, -0.25) is 9.88 Å². The number of nitrogens with one attached hydrogen (secondary N) is 1. The van der Waals surface area contributed by atoms with E-state index >= 15 is 0 Å². The van der Waals surface area contributed by atoms with Crippen LogP contribution in [0, 0.1) is 0 Å². The minimum absolute atomic E-state index is 0. The van der Waals surface area contributed by atoms with Crippen molar-refractivity contribution < 1.29 is 0 Å². The van der Waals surface area contributed by atoms with Gasteiger partial charge in [-0.25, -0.2) is 0 Å². The molecule has 19 heavy (non-hydrogen) atoms. The number of nitrogens with zero attached hydrogens (tertiary/aromatic N) is 2. The van der Waals surface area contributed by atoms with Gasteiger partial charge in [0, 0.05) is 44.6 Å². The molecule has 1 N–H and O–H groups in total. The topological polar surface area (TPSA) is 28.2 Å². The van der Waals surface area contributed by atoms with Crippen LogP contribution < -0.4 is 5.32 Å². The fraction of sp³-hybridized carbons (Fsp3) is 0.500. The van der Waals surface area contributed by atoms with Gasteiger partial charge >= 0.3 is 0 Å². The number of pyridine rings is 1. The first-order valence-electron chi connectivity index (χ1n) is 6.26. The first-order valence-corrected chi connectivity index (χ1v) is 6.26. The number of rotatable bonds is 4. The number of hydrogen-bond donors (Lipinski definition) is 1. The van der Waals surface area contributed by atoms with Crippen LogP contribution in [0.5, 0.6) is 0 Å². The highest BCUT2D eigenvalue weighted by atomic mass is 35.5. The van der Waals surface area contributed by atoms with Gasteiger partial charge in [-0.15, -0.1) is 31.4 Å². The molecule has 1 fully saturated rings. The van der Waals surface area contributed by atoms with Crippen molar-refractivity contribution in [3.05, 3.63) is 42.2 Å². The largest absolute Gasteiger partial charge is 0.314 e. The van der Waals surface area contributed by atoms with Gasteiger partial charge in [0.1, 0.15) is 0 Å². The van der Waals surface area contributed by atoms with Crippen molar-refractivity contribution in [2.75, 3.05) is 26.2 Å². The minimum Gasteiger partial charge on any atom is -0.314 e. The van der Waals surface area contributed by atoms with Crippen molar-refractivity contribution >= 4 is 24.8 Å². The Balaban J connectivity index is 0.00000162. The summed E-state index contributed by atoms with van der Waals surface area (Å²) in [6.45, 7) is 10.5. The standard InChI is InChI=1S/C14H21N3.2ClH/c1-12(2)11-14(13-3-5-15-6-4-13)17-9-7-16-8-10-17;;/h3-6,14,16H,1,7-11H2,2H3;2*1H/t14-;;/m0../s1. The number of hydrogen-bond acceptors (Lipinski definition) is 3. The summed E-state index contributed by atoms with van der Waals surface area (Å²) in [5.41, 5.74) is 2.59. The quantitative estimate of drug-likeness (QED) is 0.867. The third kappa shape index (κ3) is 5.49. The zero-order chi connectivity index (χ0) is 12.1. The molecule has 108 valence electrons. The Morgan fingerprint density at radius 2 is 1.89 bits per heavy atom. The highest BCUT2D eigenvalue weighted by molar-refractivity contribution is 5.85. The summed E-state index contributed by atoms with van der Waals surface area (Å²) >= 11 is 0. The molecule has 0 saturated carbocycles. The molecular formula is C14H23Cl2N3. The molecule has 0 aromatic carbocycles. The lowest BCUT2D eigenvalue weighted by atomic mass is 9.99. The molecule has 5 heteroatoms. The Morgan fingerprint density at radius 3 is 2.42 bits per heavy atom.